The van der Waals surface area contributed by atoms with Crippen molar-refractivity contribution in [3.05, 3.63) is 29.8 Å². The molecule has 1 heterocycles. The number of benzene rings is 1. The minimum absolute atomic E-state index is 0.0410. The standard InChI is InChI=1S/C20H26N2O4S2/c1-3-5-13-26-19(25)14-8-10-15(11-9-14)21-17(23)7-6-12-22-18(24)16(4-2)28-20(22)27/h8-11,16H,3-7,12-13H2,1-2H3,(H,21,23). The molecule has 1 atom stereocenters. The monoisotopic (exact) mass is 422 g/mol. The Hall–Kier alpha value is -1.93. The summed E-state index contributed by atoms with van der Waals surface area (Å²) in [7, 11) is 0. The molecule has 1 aromatic rings. The van der Waals surface area contributed by atoms with E-state index in [1.165, 1.54) is 11.8 Å². The predicted molar refractivity (Wildman–Crippen MR) is 115 cm³/mol. The number of ether oxygens (including phenoxy) is 1. The third kappa shape index (κ3) is 6.31. The number of esters is 1. The number of carbonyl (C=O) groups is 3. The minimum atomic E-state index is -0.360. The molecule has 1 aromatic carbocycles. The van der Waals surface area contributed by atoms with Gasteiger partial charge in [0, 0.05) is 18.7 Å². The molecule has 2 rings (SSSR count). The smallest absolute Gasteiger partial charge is 0.338 e. The van der Waals surface area contributed by atoms with Crippen LogP contribution >= 0.6 is 24.0 Å². The number of amides is 2. The van der Waals surface area contributed by atoms with E-state index in [4.69, 9.17) is 17.0 Å². The van der Waals surface area contributed by atoms with E-state index >= 15 is 0 Å². The maximum absolute atomic E-state index is 12.2. The highest BCUT2D eigenvalue weighted by molar-refractivity contribution is 8.24. The Bertz CT molecular complexity index is 721. The number of unbranched alkanes of at least 4 members (excludes halogenated alkanes) is 1. The molecule has 0 radical (unpaired) electrons. The number of thiocarbonyl (C=S) groups is 1. The highest BCUT2D eigenvalue weighted by atomic mass is 32.2. The van der Waals surface area contributed by atoms with Crippen LogP contribution in [0, 0.1) is 0 Å². The van der Waals surface area contributed by atoms with Gasteiger partial charge in [-0.15, -0.1) is 0 Å². The second kappa shape index (κ2) is 11.2. The molecular formula is C20H26N2O4S2. The second-order valence-electron chi connectivity index (χ2n) is 6.49. The fraction of sp³-hybridized carbons (Fsp3) is 0.500. The zero-order valence-corrected chi connectivity index (χ0v) is 17.9. The fourth-order valence-electron chi connectivity index (χ4n) is 2.66. The van der Waals surface area contributed by atoms with Crippen molar-refractivity contribution in [2.24, 2.45) is 0 Å². The fourth-order valence-corrected chi connectivity index (χ4v) is 4.14. The number of carbonyl (C=O) groups excluding carboxylic acids is 3. The second-order valence-corrected chi connectivity index (χ2v) is 8.33. The Morgan fingerprint density at radius 1 is 1.21 bits per heavy atom. The van der Waals surface area contributed by atoms with Gasteiger partial charge in [0.2, 0.25) is 11.8 Å². The number of anilines is 1. The number of thioether (sulfide) groups is 1. The molecule has 152 valence electrons. The summed E-state index contributed by atoms with van der Waals surface area (Å²) < 4.78 is 5.75. The van der Waals surface area contributed by atoms with E-state index in [0.29, 0.717) is 35.1 Å². The lowest BCUT2D eigenvalue weighted by atomic mass is 10.2. The van der Waals surface area contributed by atoms with Gasteiger partial charge in [-0.25, -0.2) is 4.79 Å². The summed E-state index contributed by atoms with van der Waals surface area (Å²) in [5.41, 5.74) is 1.07. The van der Waals surface area contributed by atoms with Crippen LogP contribution in [0.25, 0.3) is 0 Å². The Kier molecular flexibility index (Phi) is 8.92. The molecule has 2 amide bonds. The molecule has 6 nitrogen and oxygen atoms in total. The topological polar surface area (TPSA) is 75.7 Å². The Balaban J connectivity index is 1.75. The zero-order valence-electron chi connectivity index (χ0n) is 16.2. The number of nitrogens with one attached hydrogen (secondary N) is 1. The third-order valence-electron chi connectivity index (χ3n) is 4.30. The number of hydrogen-bond acceptors (Lipinski definition) is 6. The van der Waals surface area contributed by atoms with Crippen LogP contribution in [-0.2, 0) is 14.3 Å². The normalized spacial score (nSPS) is 16.4. The average molecular weight is 423 g/mol. The van der Waals surface area contributed by atoms with E-state index in [9.17, 15) is 14.4 Å². The van der Waals surface area contributed by atoms with E-state index in [2.05, 4.69) is 5.32 Å². The lowest BCUT2D eigenvalue weighted by Gasteiger charge is -2.15. The molecule has 1 saturated heterocycles. The van der Waals surface area contributed by atoms with Gasteiger partial charge < -0.3 is 10.1 Å². The van der Waals surface area contributed by atoms with Gasteiger partial charge in [-0.3, -0.25) is 14.5 Å². The van der Waals surface area contributed by atoms with Gasteiger partial charge in [0.05, 0.1) is 17.4 Å². The first-order chi connectivity index (χ1) is 13.5. The van der Waals surface area contributed by atoms with Gasteiger partial charge in [-0.05, 0) is 43.5 Å². The van der Waals surface area contributed by atoms with Crippen LogP contribution < -0.4 is 5.32 Å². The summed E-state index contributed by atoms with van der Waals surface area (Å²) in [5.74, 6) is -0.462. The van der Waals surface area contributed by atoms with Crippen LogP contribution in [0.4, 0.5) is 5.69 Å². The van der Waals surface area contributed by atoms with E-state index in [-0.39, 0.29) is 29.5 Å². The van der Waals surface area contributed by atoms with Crippen LogP contribution in [0.15, 0.2) is 24.3 Å². The van der Waals surface area contributed by atoms with Gasteiger partial charge in [0.15, 0.2) is 0 Å². The molecule has 1 unspecified atom stereocenters. The average Bonchev–Trinajstić information content (AvgIpc) is 2.96. The first kappa shape index (κ1) is 22.4. The van der Waals surface area contributed by atoms with Crippen molar-refractivity contribution >= 4 is 51.8 Å². The van der Waals surface area contributed by atoms with Crippen LogP contribution in [-0.4, -0.2) is 45.4 Å². The molecule has 28 heavy (non-hydrogen) atoms. The van der Waals surface area contributed by atoms with Crippen molar-refractivity contribution in [3.8, 4) is 0 Å². The van der Waals surface area contributed by atoms with Gasteiger partial charge in [0.1, 0.15) is 4.32 Å². The molecule has 0 saturated carbocycles. The van der Waals surface area contributed by atoms with Crippen LogP contribution in [0.1, 0.15) is 56.3 Å². The van der Waals surface area contributed by atoms with E-state index in [1.54, 1.807) is 29.2 Å². The summed E-state index contributed by atoms with van der Waals surface area (Å²) >= 11 is 6.66. The van der Waals surface area contributed by atoms with Crippen LogP contribution in [0.3, 0.4) is 0 Å². The molecule has 0 aromatic heterocycles. The first-order valence-electron chi connectivity index (χ1n) is 9.55. The van der Waals surface area contributed by atoms with E-state index < -0.39 is 0 Å². The molecular weight excluding hydrogens is 396 g/mol. The Morgan fingerprint density at radius 3 is 2.54 bits per heavy atom. The van der Waals surface area contributed by atoms with Gasteiger partial charge in [-0.2, -0.15) is 0 Å². The van der Waals surface area contributed by atoms with Gasteiger partial charge in [-0.1, -0.05) is 44.2 Å². The Labute approximate surface area is 175 Å². The van der Waals surface area contributed by atoms with Crippen molar-refractivity contribution in [1.29, 1.82) is 0 Å². The lowest BCUT2D eigenvalue weighted by molar-refractivity contribution is -0.126. The molecule has 1 N–H and O–H groups in total. The van der Waals surface area contributed by atoms with Crippen molar-refractivity contribution < 1.29 is 19.1 Å². The number of hydrogen-bond donors (Lipinski definition) is 1. The third-order valence-corrected chi connectivity index (χ3v) is 6.05. The van der Waals surface area contributed by atoms with Gasteiger partial charge in [0.25, 0.3) is 0 Å². The summed E-state index contributed by atoms with van der Waals surface area (Å²) in [4.78, 5) is 37.7. The summed E-state index contributed by atoms with van der Waals surface area (Å²) in [5, 5.41) is 2.71. The molecule has 0 spiro atoms. The summed E-state index contributed by atoms with van der Waals surface area (Å²) in [6, 6.07) is 6.62. The Morgan fingerprint density at radius 2 is 1.93 bits per heavy atom. The maximum Gasteiger partial charge on any atom is 0.338 e. The lowest BCUT2D eigenvalue weighted by Crippen LogP contribution is -2.32. The molecule has 1 fully saturated rings. The van der Waals surface area contributed by atoms with Crippen molar-refractivity contribution in [2.75, 3.05) is 18.5 Å². The number of rotatable bonds is 10. The van der Waals surface area contributed by atoms with Gasteiger partial charge >= 0.3 is 5.97 Å². The molecule has 1 aliphatic heterocycles. The summed E-state index contributed by atoms with van der Waals surface area (Å²) in [6.45, 7) is 4.86. The molecule has 1 aliphatic rings. The quantitative estimate of drug-likeness (QED) is 0.349. The molecule has 0 aliphatic carbocycles. The van der Waals surface area contributed by atoms with Crippen molar-refractivity contribution in [1.82, 2.24) is 4.90 Å². The first-order valence-corrected chi connectivity index (χ1v) is 10.8. The van der Waals surface area contributed by atoms with Crippen LogP contribution in [0.2, 0.25) is 0 Å². The SMILES string of the molecule is CCCCOC(=O)c1ccc(NC(=O)CCCN2C(=O)C(CC)SC2=S)cc1. The number of nitrogens with zero attached hydrogens (tertiary/aromatic N) is 1. The molecule has 0 bridgehead atoms. The highest BCUT2D eigenvalue weighted by Gasteiger charge is 2.35. The van der Waals surface area contributed by atoms with E-state index in [0.717, 1.165) is 19.3 Å². The van der Waals surface area contributed by atoms with Crippen LogP contribution in [0.5, 0.6) is 0 Å². The highest BCUT2D eigenvalue weighted by Crippen LogP contribution is 2.29. The minimum Gasteiger partial charge on any atom is -0.462 e. The summed E-state index contributed by atoms with van der Waals surface area (Å²) in [6.07, 6.45) is 3.38. The zero-order chi connectivity index (χ0) is 20.5. The predicted octanol–water partition coefficient (Wildman–Crippen LogP) is 4.00. The largest absolute Gasteiger partial charge is 0.462 e. The maximum atomic E-state index is 12.2. The van der Waals surface area contributed by atoms with E-state index in [1.807, 2.05) is 13.8 Å². The van der Waals surface area contributed by atoms with Crippen molar-refractivity contribution in [3.63, 3.8) is 0 Å². The van der Waals surface area contributed by atoms with Crippen molar-refractivity contribution in [2.45, 2.75) is 51.2 Å². The molecule has 8 heteroatoms.